The van der Waals surface area contributed by atoms with Gasteiger partial charge in [-0.3, -0.25) is 4.79 Å². The topological polar surface area (TPSA) is 29.1 Å². The quantitative estimate of drug-likeness (QED) is 0.612. The lowest BCUT2D eigenvalue weighted by Crippen LogP contribution is -2.30. The SMILES string of the molecule is CCCCCNC1=C(I)C(=O)CC(C)(C)C1. The lowest BCUT2D eigenvalue weighted by molar-refractivity contribution is -0.117. The maximum Gasteiger partial charge on any atom is 0.171 e. The predicted octanol–water partition coefficient (Wildman–Crippen LogP) is 3.80. The van der Waals surface area contributed by atoms with Gasteiger partial charge in [0.05, 0.1) is 3.58 Å². The monoisotopic (exact) mass is 335 g/mol. The van der Waals surface area contributed by atoms with Crippen LogP contribution in [0.15, 0.2) is 9.28 Å². The third kappa shape index (κ3) is 4.07. The molecule has 2 nitrogen and oxygen atoms in total. The van der Waals surface area contributed by atoms with E-state index in [2.05, 4.69) is 48.7 Å². The van der Waals surface area contributed by atoms with E-state index in [0.29, 0.717) is 12.2 Å². The van der Waals surface area contributed by atoms with Gasteiger partial charge < -0.3 is 5.32 Å². The Kier molecular flexibility index (Phi) is 5.28. The molecule has 0 spiro atoms. The summed E-state index contributed by atoms with van der Waals surface area (Å²) in [7, 11) is 0. The van der Waals surface area contributed by atoms with Crippen LogP contribution in [-0.4, -0.2) is 12.3 Å². The van der Waals surface area contributed by atoms with Crippen molar-refractivity contribution in [3.8, 4) is 0 Å². The zero-order valence-corrected chi connectivity index (χ0v) is 12.7. The maximum atomic E-state index is 11.8. The lowest BCUT2D eigenvalue weighted by atomic mass is 9.79. The molecule has 0 fully saturated rings. The molecule has 0 aliphatic heterocycles. The molecule has 0 saturated heterocycles. The fourth-order valence-electron chi connectivity index (χ4n) is 2.05. The Bertz CT molecular complexity index is 294. The Balaban J connectivity index is 2.55. The van der Waals surface area contributed by atoms with Crippen molar-refractivity contribution in [2.75, 3.05) is 6.54 Å². The summed E-state index contributed by atoms with van der Waals surface area (Å²) < 4.78 is 0.924. The molecule has 0 atom stereocenters. The van der Waals surface area contributed by atoms with E-state index < -0.39 is 0 Å². The first-order chi connectivity index (χ1) is 7.46. The minimum atomic E-state index is 0.124. The van der Waals surface area contributed by atoms with Crippen LogP contribution in [0.2, 0.25) is 0 Å². The normalized spacial score (nSPS) is 20.1. The Hall–Kier alpha value is -0.0600. The molecule has 1 aliphatic rings. The number of hydrogen-bond donors (Lipinski definition) is 1. The van der Waals surface area contributed by atoms with Crippen molar-refractivity contribution >= 4 is 28.4 Å². The molecule has 0 heterocycles. The highest BCUT2D eigenvalue weighted by molar-refractivity contribution is 14.1. The second-order valence-corrected chi connectivity index (χ2v) is 6.45. The number of rotatable bonds is 5. The highest BCUT2D eigenvalue weighted by Crippen LogP contribution is 2.37. The van der Waals surface area contributed by atoms with Crippen LogP contribution in [-0.2, 0) is 4.79 Å². The highest BCUT2D eigenvalue weighted by atomic mass is 127. The molecule has 3 heteroatoms. The molecule has 16 heavy (non-hydrogen) atoms. The smallest absolute Gasteiger partial charge is 0.171 e. The van der Waals surface area contributed by atoms with Gasteiger partial charge in [0.25, 0.3) is 0 Å². The van der Waals surface area contributed by atoms with Gasteiger partial charge in [-0.1, -0.05) is 33.6 Å². The minimum Gasteiger partial charge on any atom is -0.387 e. The molecule has 0 aromatic carbocycles. The van der Waals surface area contributed by atoms with E-state index in [0.717, 1.165) is 22.2 Å². The Labute approximate surface area is 112 Å². The number of carbonyl (C=O) groups is 1. The van der Waals surface area contributed by atoms with Crippen LogP contribution in [0, 0.1) is 5.41 Å². The molecule has 1 aliphatic carbocycles. The van der Waals surface area contributed by atoms with Crippen LogP contribution in [0.5, 0.6) is 0 Å². The third-order valence-electron chi connectivity index (χ3n) is 2.92. The molecule has 0 unspecified atom stereocenters. The van der Waals surface area contributed by atoms with E-state index in [9.17, 15) is 4.79 Å². The summed E-state index contributed by atoms with van der Waals surface area (Å²) in [5, 5.41) is 3.44. The predicted molar refractivity (Wildman–Crippen MR) is 76.6 cm³/mol. The van der Waals surface area contributed by atoms with Crippen LogP contribution >= 0.6 is 22.6 Å². The Morgan fingerprint density at radius 1 is 1.31 bits per heavy atom. The van der Waals surface area contributed by atoms with Crippen molar-refractivity contribution < 1.29 is 4.79 Å². The number of unbranched alkanes of at least 4 members (excludes halogenated alkanes) is 2. The molecule has 0 aromatic rings. The summed E-state index contributed by atoms with van der Waals surface area (Å²) in [5.74, 6) is 0.301. The average molecular weight is 335 g/mol. The van der Waals surface area contributed by atoms with Gasteiger partial charge in [-0.15, -0.1) is 0 Å². The fraction of sp³-hybridized carbons (Fsp3) is 0.769. The van der Waals surface area contributed by atoms with Crippen LogP contribution in [0.25, 0.3) is 0 Å². The van der Waals surface area contributed by atoms with E-state index in [-0.39, 0.29) is 5.41 Å². The molecule has 1 rings (SSSR count). The molecule has 0 bridgehead atoms. The maximum absolute atomic E-state index is 11.8. The zero-order chi connectivity index (χ0) is 12.2. The second-order valence-electron chi connectivity index (χ2n) is 5.37. The summed E-state index contributed by atoms with van der Waals surface area (Å²) in [6.45, 7) is 7.54. The van der Waals surface area contributed by atoms with Gasteiger partial charge in [-0.05, 0) is 40.8 Å². The first-order valence-corrected chi connectivity index (χ1v) is 7.20. The molecular formula is C13H22INO. The molecule has 0 saturated carbocycles. The first-order valence-electron chi connectivity index (χ1n) is 6.12. The van der Waals surface area contributed by atoms with Crippen molar-refractivity contribution in [1.82, 2.24) is 5.32 Å². The molecule has 92 valence electrons. The average Bonchev–Trinajstić information content (AvgIpc) is 2.19. The van der Waals surface area contributed by atoms with Gasteiger partial charge in [0.15, 0.2) is 5.78 Å². The van der Waals surface area contributed by atoms with Crippen molar-refractivity contribution in [2.24, 2.45) is 5.41 Å². The van der Waals surface area contributed by atoms with E-state index in [1.54, 1.807) is 0 Å². The summed E-state index contributed by atoms with van der Waals surface area (Å²) >= 11 is 2.19. The summed E-state index contributed by atoms with van der Waals surface area (Å²) in [5.41, 5.74) is 1.29. The Morgan fingerprint density at radius 2 is 2.00 bits per heavy atom. The van der Waals surface area contributed by atoms with Crippen LogP contribution in [0.3, 0.4) is 0 Å². The van der Waals surface area contributed by atoms with Gasteiger partial charge >= 0.3 is 0 Å². The van der Waals surface area contributed by atoms with Crippen molar-refractivity contribution in [3.05, 3.63) is 9.28 Å². The fourth-order valence-corrected chi connectivity index (χ4v) is 2.63. The number of carbonyl (C=O) groups excluding carboxylic acids is 1. The van der Waals surface area contributed by atoms with Gasteiger partial charge in [0.1, 0.15) is 0 Å². The van der Waals surface area contributed by atoms with Crippen molar-refractivity contribution in [2.45, 2.75) is 52.9 Å². The van der Waals surface area contributed by atoms with Gasteiger partial charge in [-0.2, -0.15) is 0 Å². The largest absolute Gasteiger partial charge is 0.387 e. The van der Waals surface area contributed by atoms with E-state index in [1.165, 1.54) is 19.3 Å². The molecule has 0 radical (unpaired) electrons. The summed E-state index contributed by atoms with van der Waals surface area (Å²) in [4.78, 5) is 11.8. The third-order valence-corrected chi connectivity index (χ3v) is 4.18. The molecule has 0 aromatic heterocycles. The van der Waals surface area contributed by atoms with Gasteiger partial charge in [-0.25, -0.2) is 0 Å². The van der Waals surface area contributed by atoms with Crippen LogP contribution in [0.1, 0.15) is 52.9 Å². The number of hydrogen-bond acceptors (Lipinski definition) is 2. The number of nitrogens with one attached hydrogen (secondary N) is 1. The first kappa shape index (κ1) is 14.0. The second kappa shape index (κ2) is 6.03. The Morgan fingerprint density at radius 3 is 2.62 bits per heavy atom. The van der Waals surface area contributed by atoms with Crippen molar-refractivity contribution in [1.29, 1.82) is 0 Å². The van der Waals surface area contributed by atoms with Crippen LogP contribution in [0.4, 0.5) is 0 Å². The standard InChI is InChI=1S/C13H22INO/c1-4-5-6-7-15-10-8-13(2,3)9-11(16)12(10)14/h15H,4-9H2,1-3H3. The number of ketones is 1. The molecular weight excluding hydrogens is 313 g/mol. The number of Topliss-reactive ketones (excluding diaryl/α,β-unsaturated/α-hetero) is 1. The number of halogens is 1. The summed E-state index contributed by atoms with van der Waals surface area (Å²) in [6.07, 6.45) is 5.38. The van der Waals surface area contributed by atoms with E-state index in [4.69, 9.17) is 0 Å². The van der Waals surface area contributed by atoms with E-state index in [1.807, 2.05) is 0 Å². The van der Waals surface area contributed by atoms with Gasteiger partial charge in [0, 0.05) is 18.7 Å². The van der Waals surface area contributed by atoms with Crippen molar-refractivity contribution in [3.63, 3.8) is 0 Å². The number of allylic oxidation sites excluding steroid dienone is 2. The molecule has 0 amide bonds. The highest BCUT2D eigenvalue weighted by Gasteiger charge is 2.31. The van der Waals surface area contributed by atoms with Gasteiger partial charge in [0.2, 0.25) is 0 Å². The summed E-state index contributed by atoms with van der Waals surface area (Å²) in [6, 6.07) is 0. The lowest BCUT2D eigenvalue weighted by Gasteiger charge is -2.31. The van der Waals surface area contributed by atoms with Crippen LogP contribution < -0.4 is 5.32 Å². The van der Waals surface area contributed by atoms with E-state index >= 15 is 0 Å². The molecule has 1 N–H and O–H groups in total. The zero-order valence-electron chi connectivity index (χ0n) is 10.5. The minimum absolute atomic E-state index is 0.124.